The highest BCUT2D eigenvalue weighted by molar-refractivity contribution is 5.59. The molecule has 0 saturated heterocycles. The van der Waals surface area contributed by atoms with Gasteiger partial charge in [0.25, 0.3) is 0 Å². The van der Waals surface area contributed by atoms with Gasteiger partial charge in [0.15, 0.2) is 5.75 Å². The van der Waals surface area contributed by atoms with Crippen LogP contribution in [0, 0.1) is 0 Å². The van der Waals surface area contributed by atoms with Crippen molar-refractivity contribution in [1.29, 1.82) is 0 Å². The fraction of sp³-hybridized carbons (Fsp3) is 0.545. The summed E-state index contributed by atoms with van der Waals surface area (Å²) in [5.74, 6) is 0.897. The van der Waals surface area contributed by atoms with Crippen LogP contribution in [0.2, 0.25) is 0 Å². The quantitative estimate of drug-likeness (QED) is 0.629. The Balaban J connectivity index is 2.41. The van der Waals surface area contributed by atoms with E-state index >= 15 is 0 Å². The highest BCUT2D eigenvalue weighted by Gasteiger charge is 2.27. The van der Waals surface area contributed by atoms with Crippen LogP contribution in [0.3, 0.4) is 0 Å². The van der Waals surface area contributed by atoms with E-state index in [9.17, 15) is 0 Å². The molecule has 3 nitrogen and oxygen atoms in total. The lowest BCUT2D eigenvalue weighted by molar-refractivity contribution is 0.288. The van der Waals surface area contributed by atoms with E-state index in [1.165, 1.54) is 0 Å². The Morgan fingerprint density at radius 2 is 2.21 bits per heavy atom. The largest absolute Gasteiger partial charge is 0.488 e. The minimum atomic E-state index is 0.139. The van der Waals surface area contributed by atoms with Crippen molar-refractivity contribution in [3.63, 3.8) is 0 Å². The van der Waals surface area contributed by atoms with Crippen molar-refractivity contribution in [2.24, 2.45) is 0 Å². The number of aromatic nitrogens is 1. The molecule has 0 aliphatic carbocycles. The highest BCUT2D eigenvalue weighted by atomic mass is 16.5. The van der Waals surface area contributed by atoms with Gasteiger partial charge in [-0.15, -0.1) is 0 Å². The second kappa shape index (κ2) is 3.15. The molecule has 0 saturated carbocycles. The molecule has 2 heterocycles. The summed E-state index contributed by atoms with van der Waals surface area (Å²) in [6.45, 7) is 8.32. The smallest absolute Gasteiger partial charge is 0.160 e. The second-order valence-electron chi connectivity index (χ2n) is 4.51. The summed E-state index contributed by atoms with van der Waals surface area (Å²) in [5, 5.41) is 0. The highest BCUT2D eigenvalue weighted by Crippen LogP contribution is 2.34. The molecule has 0 amide bonds. The first-order valence-corrected chi connectivity index (χ1v) is 4.93. The van der Waals surface area contributed by atoms with Crippen LogP contribution in [0.5, 0.6) is 5.75 Å². The van der Waals surface area contributed by atoms with Crippen molar-refractivity contribution < 1.29 is 4.74 Å². The summed E-state index contributed by atoms with van der Waals surface area (Å²) in [7, 11) is 0. The van der Waals surface area contributed by atoms with Crippen LogP contribution in [0.15, 0.2) is 18.5 Å². The molecule has 3 heteroatoms. The average Bonchev–Trinajstić information content (AvgIpc) is 2.15. The lowest BCUT2D eigenvalue weighted by Gasteiger charge is -2.40. The number of anilines is 1. The van der Waals surface area contributed by atoms with Gasteiger partial charge in [0.1, 0.15) is 6.61 Å². The van der Waals surface area contributed by atoms with Crippen molar-refractivity contribution in [3.8, 4) is 5.75 Å². The summed E-state index contributed by atoms with van der Waals surface area (Å²) >= 11 is 0. The SMILES string of the molecule is CC(C)(C)N1CCOc2cnccc21. The van der Waals surface area contributed by atoms with Gasteiger partial charge in [0.05, 0.1) is 18.4 Å². The Bertz CT molecular complexity index is 330. The molecule has 0 N–H and O–H groups in total. The van der Waals surface area contributed by atoms with Gasteiger partial charge in [0, 0.05) is 11.7 Å². The minimum absolute atomic E-state index is 0.139. The normalized spacial score (nSPS) is 16.1. The van der Waals surface area contributed by atoms with Crippen LogP contribution in [0.25, 0.3) is 0 Å². The third-order valence-electron chi connectivity index (χ3n) is 2.44. The monoisotopic (exact) mass is 192 g/mol. The van der Waals surface area contributed by atoms with Crippen LogP contribution >= 0.6 is 0 Å². The van der Waals surface area contributed by atoms with Crippen molar-refractivity contribution >= 4 is 5.69 Å². The van der Waals surface area contributed by atoms with Gasteiger partial charge in [-0.25, -0.2) is 0 Å². The summed E-state index contributed by atoms with van der Waals surface area (Å²) in [6, 6.07) is 2.01. The van der Waals surface area contributed by atoms with Gasteiger partial charge in [-0.2, -0.15) is 0 Å². The van der Waals surface area contributed by atoms with Crippen molar-refractivity contribution in [2.45, 2.75) is 26.3 Å². The molecular weight excluding hydrogens is 176 g/mol. The van der Waals surface area contributed by atoms with E-state index in [1.807, 2.05) is 12.3 Å². The summed E-state index contributed by atoms with van der Waals surface area (Å²) in [4.78, 5) is 6.42. The number of fused-ring (bicyclic) bond motifs is 1. The zero-order valence-corrected chi connectivity index (χ0v) is 8.95. The molecule has 0 aromatic carbocycles. The van der Waals surface area contributed by atoms with E-state index in [4.69, 9.17) is 4.74 Å². The summed E-state index contributed by atoms with van der Waals surface area (Å²) in [6.07, 6.45) is 3.60. The molecule has 0 unspecified atom stereocenters. The maximum absolute atomic E-state index is 5.54. The van der Waals surface area contributed by atoms with Crippen LogP contribution < -0.4 is 9.64 Å². The Morgan fingerprint density at radius 3 is 2.93 bits per heavy atom. The van der Waals surface area contributed by atoms with Gasteiger partial charge >= 0.3 is 0 Å². The van der Waals surface area contributed by atoms with E-state index in [0.29, 0.717) is 0 Å². The predicted octanol–water partition coefficient (Wildman–Crippen LogP) is 2.08. The van der Waals surface area contributed by atoms with Gasteiger partial charge < -0.3 is 9.64 Å². The minimum Gasteiger partial charge on any atom is -0.488 e. The zero-order chi connectivity index (χ0) is 10.2. The molecule has 0 fully saturated rings. The number of hydrogen-bond acceptors (Lipinski definition) is 3. The lowest BCUT2D eigenvalue weighted by Crippen LogP contribution is -2.46. The van der Waals surface area contributed by atoms with Crippen molar-refractivity contribution in [3.05, 3.63) is 18.5 Å². The molecule has 76 valence electrons. The summed E-state index contributed by atoms with van der Waals surface area (Å²) < 4.78 is 5.54. The second-order valence-corrected chi connectivity index (χ2v) is 4.51. The van der Waals surface area contributed by atoms with Gasteiger partial charge in [-0.05, 0) is 26.8 Å². The fourth-order valence-corrected chi connectivity index (χ4v) is 1.77. The van der Waals surface area contributed by atoms with Crippen LogP contribution in [0.4, 0.5) is 5.69 Å². The van der Waals surface area contributed by atoms with E-state index < -0.39 is 0 Å². The van der Waals surface area contributed by atoms with Crippen LogP contribution in [-0.4, -0.2) is 23.7 Å². The Morgan fingerprint density at radius 1 is 1.43 bits per heavy atom. The Hall–Kier alpha value is -1.25. The van der Waals surface area contributed by atoms with E-state index in [0.717, 1.165) is 24.6 Å². The maximum atomic E-state index is 5.54. The third-order valence-corrected chi connectivity index (χ3v) is 2.44. The lowest BCUT2D eigenvalue weighted by atomic mass is 10.0. The number of pyridine rings is 1. The van der Waals surface area contributed by atoms with Crippen molar-refractivity contribution in [2.75, 3.05) is 18.1 Å². The molecule has 2 rings (SSSR count). The molecule has 0 radical (unpaired) electrons. The van der Waals surface area contributed by atoms with E-state index in [2.05, 4.69) is 30.7 Å². The molecule has 0 spiro atoms. The number of hydrogen-bond donors (Lipinski definition) is 0. The summed E-state index contributed by atoms with van der Waals surface area (Å²) in [5.41, 5.74) is 1.29. The fourth-order valence-electron chi connectivity index (χ4n) is 1.77. The maximum Gasteiger partial charge on any atom is 0.160 e. The number of nitrogens with zero attached hydrogens (tertiary/aromatic N) is 2. The molecule has 0 atom stereocenters. The van der Waals surface area contributed by atoms with Crippen LogP contribution in [0.1, 0.15) is 20.8 Å². The first kappa shape index (κ1) is 9.31. The Kier molecular flexibility index (Phi) is 2.10. The molecule has 1 aliphatic rings. The van der Waals surface area contributed by atoms with Gasteiger partial charge in [-0.1, -0.05) is 0 Å². The standard InChI is InChI=1S/C11H16N2O/c1-11(2,3)13-6-7-14-10-8-12-5-4-9(10)13/h4-5,8H,6-7H2,1-3H3. The molecule has 1 aromatic rings. The van der Waals surface area contributed by atoms with Crippen LogP contribution in [-0.2, 0) is 0 Å². The van der Waals surface area contributed by atoms with Gasteiger partial charge in [-0.3, -0.25) is 4.98 Å². The van der Waals surface area contributed by atoms with E-state index in [1.54, 1.807) is 6.20 Å². The molecule has 14 heavy (non-hydrogen) atoms. The zero-order valence-electron chi connectivity index (χ0n) is 8.95. The molecule has 1 aromatic heterocycles. The first-order valence-electron chi connectivity index (χ1n) is 4.93. The molecule has 1 aliphatic heterocycles. The number of rotatable bonds is 0. The van der Waals surface area contributed by atoms with E-state index in [-0.39, 0.29) is 5.54 Å². The van der Waals surface area contributed by atoms with Gasteiger partial charge in [0.2, 0.25) is 0 Å². The predicted molar refractivity (Wildman–Crippen MR) is 56.8 cm³/mol. The first-order chi connectivity index (χ1) is 6.59. The van der Waals surface area contributed by atoms with Crippen molar-refractivity contribution in [1.82, 2.24) is 4.98 Å². The molecule has 0 bridgehead atoms. The molecular formula is C11H16N2O. The average molecular weight is 192 g/mol. The topological polar surface area (TPSA) is 25.4 Å². The third kappa shape index (κ3) is 1.54. The number of ether oxygens (including phenoxy) is 1. The Labute approximate surface area is 84.7 Å².